The van der Waals surface area contributed by atoms with E-state index in [0.717, 1.165) is 49.9 Å². The Morgan fingerprint density at radius 3 is 2.54 bits per heavy atom. The summed E-state index contributed by atoms with van der Waals surface area (Å²) in [6.45, 7) is 5.42. The van der Waals surface area contributed by atoms with Crippen molar-refractivity contribution >= 4 is 23.5 Å². The molecule has 2 fully saturated rings. The van der Waals surface area contributed by atoms with Crippen molar-refractivity contribution in [2.24, 2.45) is 0 Å². The molecular formula is C20H30ClN7. The van der Waals surface area contributed by atoms with Crippen molar-refractivity contribution in [3.63, 3.8) is 0 Å². The Hall–Kier alpha value is -1.83. The molecule has 1 unspecified atom stereocenters. The zero-order chi connectivity index (χ0) is 19.5. The minimum atomic E-state index is 0.385. The van der Waals surface area contributed by atoms with Crippen LogP contribution in [-0.4, -0.2) is 76.8 Å². The molecule has 2 saturated heterocycles. The molecule has 3 N–H and O–H groups in total. The normalized spacial score (nSPS) is 23.1. The Labute approximate surface area is 171 Å². The van der Waals surface area contributed by atoms with Crippen LogP contribution in [0.1, 0.15) is 24.8 Å². The van der Waals surface area contributed by atoms with Crippen molar-refractivity contribution in [2.75, 3.05) is 50.4 Å². The number of benzene rings is 1. The van der Waals surface area contributed by atoms with E-state index in [-0.39, 0.29) is 0 Å². The topological polar surface area (TPSA) is 77.3 Å². The molecule has 152 valence electrons. The van der Waals surface area contributed by atoms with Gasteiger partial charge in [-0.15, -0.1) is 10.2 Å². The first-order chi connectivity index (χ1) is 13.6. The van der Waals surface area contributed by atoms with Crippen LogP contribution < -0.4 is 10.6 Å². The van der Waals surface area contributed by atoms with Gasteiger partial charge in [-0.3, -0.25) is 9.88 Å². The van der Waals surface area contributed by atoms with Gasteiger partial charge in [-0.2, -0.15) is 0 Å². The molecule has 1 aromatic carbocycles. The molecular weight excluding hydrogens is 374 g/mol. The van der Waals surface area contributed by atoms with Crippen LogP contribution >= 0.6 is 11.6 Å². The summed E-state index contributed by atoms with van der Waals surface area (Å²) in [6, 6.07) is 9.49. The number of nitrogens with zero attached hydrogens (tertiary/aromatic N) is 5. The lowest BCUT2D eigenvalue weighted by molar-refractivity contribution is 0.112. The van der Waals surface area contributed by atoms with Crippen molar-refractivity contribution in [1.29, 1.82) is 0 Å². The van der Waals surface area contributed by atoms with Crippen molar-refractivity contribution in [2.45, 2.75) is 37.8 Å². The van der Waals surface area contributed by atoms with Gasteiger partial charge in [0.25, 0.3) is 0 Å². The Kier molecular flexibility index (Phi) is 6.04. The molecule has 1 atom stereocenters. The molecule has 28 heavy (non-hydrogen) atoms. The maximum Gasteiger partial charge on any atom is 0.226 e. The number of aromatic nitrogens is 3. The fourth-order valence-electron chi connectivity index (χ4n) is 4.63. The van der Waals surface area contributed by atoms with E-state index in [1.165, 1.54) is 25.1 Å². The average Bonchev–Trinajstić information content (AvgIpc) is 3.04. The van der Waals surface area contributed by atoms with E-state index in [4.69, 9.17) is 17.3 Å². The van der Waals surface area contributed by atoms with Crippen LogP contribution in [0.5, 0.6) is 0 Å². The van der Waals surface area contributed by atoms with Gasteiger partial charge < -0.3 is 15.5 Å². The number of nitrogen functional groups attached to an aromatic ring is 1. The molecule has 2 aromatic rings. The van der Waals surface area contributed by atoms with Crippen LogP contribution in [0.3, 0.4) is 0 Å². The maximum absolute atomic E-state index is 6.08. The third kappa shape index (κ3) is 4.59. The van der Waals surface area contributed by atoms with Crippen LogP contribution in [-0.2, 0) is 6.42 Å². The summed E-state index contributed by atoms with van der Waals surface area (Å²) in [5.74, 6) is 1.18. The Bertz CT molecular complexity index is 754. The predicted octanol–water partition coefficient (Wildman–Crippen LogP) is 2.26. The molecule has 3 heterocycles. The van der Waals surface area contributed by atoms with Crippen LogP contribution in [0.25, 0.3) is 0 Å². The van der Waals surface area contributed by atoms with Gasteiger partial charge >= 0.3 is 0 Å². The number of H-pyrrole nitrogens is 1. The SMILES string of the molecule is CN1CCCN(C2CCN(c3nnc(N)[nH]3)CC2)C(Cc2ccc(Cl)cc2)C1. The van der Waals surface area contributed by atoms with Crippen molar-refractivity contribution in [3.8, 4) is 0 Å². The number of likely N-dealkylation sites (N-methyl/N-ethyl adjacent to an activating group) is 1. The van der Waals surface area contributed by atoms with Crippen LogP contribution in [0, 0.1) is 0 Å². The van der Waals surface area contributed by atoms with Crippen molar-refractivity contribution in [1.82, 2.24) is 25.0 Å². The Morgan fingerprint density at radius 1 is 1.11 bits per heavy atom. The summed E-state index contributed by atoms with van der Waals surface area (Å²) in [4.78, 5) is 10.6. The van der Waals surface area contributed by atoms with Gasteiger partial charge in [0.2, 0.25) is 11.9 Å². The fourth-order valence-corrected chi connectivity index (χ4v) is 4.76. The van der Waals surface area contributed by atoms with E-state index in [9.17, 15) is 0 Å². The number of nitrogens with one attached hydrogen (secondary N) is 1. The summed E-state index contributed by atoms with van der Waals surface area (Å²) >= 11 is 6.08. The van der Waals surface area contributed by atoms with Gasteiger partial charge in [-0.25, -0.2) is 0 Å². The number of hydrogen-bond acceptors (Lipinski definition) is 6. The number of aromatic amines is 1. The molecule has 0 saturated carbocycles. The van der Waals surface area contributed by atoms with Gasteiger partial charge in [0.15, 0.2) is 0 Å². The summed E-state index contributed by atoms with van der Waals surface area (Å²) in [7, 11) is 2.25. The van der Waals surface area contributed by atoms with E-state index >= 15 is 0 Å². The first kappa shape index (κ1) is 19.5. The van der Waals surface area contributed by atoms with Gasteiger partial charge in [-0.1, -0.05) is 23.7 Å². The second-order valence-electron chi connectivity index (χ2n) is 8.09. The molecule has 0 aliphatic carbocycles. The molecule has 4 rings (SSSR count). The third-order valence-electron chi connectivity index (χ3n) is 6.06. The standard InChI is InChI=1S/C20H30ClN7/c1-26-9-2-10-28(18(14-26)13-15-3-5-16(21)6-4-15)17-7-11-27(12-8-17)20-23-19(22)24-25-20/h3-6,17-18H,2,7-14H2,1H3,(H3,22,23,24,25). The van der Waals surface area contributed by atoms with Crippen LogP contribution in [0.4, 0.5) is 11.9 Å². The predicted molar refractivity (Wildman–Crippen MR) is 114 cm³/mol. The maximum atomic E-state index is 6.08. The number of piperidine rings is 1. The number of nitrogens with two attached hydrogens (primary N) is 1. The minimum Gasteiger partial charge on any atom is -0.368 e. The zero-order valence-corrected chi connectivity index (χ0v) is 17.3. The van der Waals surface area contributed by atoms with Crippen molar-refractivity contribution in [3.05, 3.63) is 34.9 Å². The highest BCUT2D eigenvalue weighted by Crippen LogP contribution is 2.25. The molecule has 1 aromatic heterocycles. The van der Waals surface area contributed by atoms with E-state index in [1.54, 1.807) is 0 Å². The largest absolute Gasteiger partial charge is 0.368 e. The van der Waals surface area contributed by atoms with Gasteiger partial charge in [0, 0.05) is 43.3 Å². The first-order valence-corrected chi connectivity index (χ1v) is 10.6. The monoisotopic (exact) mass is 403 g/mol. The van der Waals surface area contributed by atoms with Crippen molar-refractivity contribution < 1.29 is 0 Å². The highest BCUT2D eigenvalue weighted by Gasteiger charge is 2.32. The van der Waals surface area contributed by atoms with Gasteiger partial charge in [0.05, 0.1) is 0 Å². The molecule has 0 amide bonds. The molecule has 8 heteroatoms. The molecule has 2 aliphatic rings. The average molecular weight is 404 g/mol. The third-order valence-corrected chi connectivity index (χ3v) is 6.31. The lowest BCUT2D eigenvalue weighted by Crippen LogP contribution is -2.51. The molecule has 2 aliphatic heterocycles. The zero-order valence-electron chi connectivity index (χ0n) is 16.5. The first-order valence-electron chi connectivity index (χ1n) is 10.2. The summed E-state index contributed by atoms with van der Waals surface area (Å²) in [5, 5.41) is 8.84. The van der Waals surface area contributed by atoms with E-state index in [0.29, 0.717) is 18.0 Å². The lowest BCUT2D eigenvalue weighted by atomic mass is 9.97. The van der Waals surface area contributed by atoms with E-state index in [1.807, 2.05) is 12.1 Å². The minimum absolute atomic E-state index is 0.385. The molecule has 0 bridgehead atoms. The molecule has 0 radical (unpaired) electrons. The molecule has 7 nitrogen and oxygen atoms in total. The fraction of sp³-hybridized carbons (Fsp3) is 0.600. The van der Waals surface area contributed by atoms with E-state index < -0.39 is 0 Å². The Balaban J connectivity index is 1.43. The number of anilines is 2. The number of halogens is 1. The highest BCUT2D eigenvalue weighted by molar-refractivity contribution is 6.30. The quantitative estimate of drug-likeness (QED) is 0.815. The lowest BCUT2D eigenvalue weighted by Gasteiger charge is -2.42. The molecule has 0 spiro atoms. The number of hydrogen-bond donors (Lipinski definition) is 2. The number of rotatable bonds is 4. The highest BCUT2D eigenvalue weighted by atomic mass is 35.5. The van der Waals surface area contributed by atoms with E-state index in [2.05, 4.69) is 49.1 Å². The second-order valence-corrected chi connectivity index (χ2v) is 8.53. The smallest absolute Gasteiger partial charge is 0.226 e. The van der Waals surface area contributed by atoms with Crippen LogP contribution in [0.15, 0.2) is 24.3 Å². The van der Waals surface area contributed by atoms with Gasteiger partial charge in [0.1, 0.15) is 0 Å². The Morgan fingerprint density at radius 2 is 1.86 bits per heavy atom. The van der Waals surface area contributed by atoms with Crippen LogP contribution in [0.2, 0.25) is 5.02 Å². The van der Waals surface area contributed by atoms with Gasteiger partial charge in [-0.05, 0) is 57.0 Å². The summed E-state index contributed by atoms with van der Waals surface area (Å²) in [6.07, 6.45) is 4.58. The summed E-state index contributed by atoms with van der Waals surface area (Å²) in [5.41, 5.74) is 7.05. The second kappa shape index (κ2) is 8.68. The summed E-state index contributed by atoms with van der Waals surface area (Å²) < 4.78 is 0.